The normalized spacial score (nSPS) is 10.4. The fourth-order valence-electron chi connectivity index (χ4n) is 3.19. The zero-order valence-corrected chi connectivity index (χ0v) is 21.6. The molecule has 3 aromatic carbocycles. The number of halogens is 2. The van der Waals surface area contributed by atoms with Gasteiger partial charge in [-0.1, -0.05) is 0 Å². The Labute approximate surface area is 227 Å². The summed E-state index contributed by atoms with van der Waals surface area (Å²) in [5.74, 6) is -5.41. The Hall–Kier alpha value is -4.70. The standard InChI is InChI=1S/C22H12Br2N4O10/c23-15-5-9(1-3-17(15)27(35)36)25-19(29)11-7-12(14(22(33)34)8-13(11)21(31)32)20(30)26-10-2-4-18(28(37)38)16(24)6-10/h1-8H,(H,25,29)(H,26,30)(H,31,32)(H,33,34). The number of rotatable bonds is 8. The van der Waals surface area contributed by atoms with Crippen molar-refractivity contribution in [2.75, 3.05) is 10.6 Å². The van der Waals surface area contributed by atoms with Crippen LogP contribution in [0, 0.1) is 20.2 Å². The molecule has 0 atom stereocenters. The first-order valence-electron chi connectivity index (χ1n) is 9.95. The second-order valence-corrected chi connectivity index (χ2v) is 9.02. The number of amides is 2. The molecule has 0 bridgehead atoms. The van der Waals surface area contributed by atoms with Gasteiger partial charge in [0.1, 0.15) is 0 Å². The topological polar surface area (TPSA) is 219 Å². The number of nitrogens with one attached hydrogen (secondary N) is 2. The smallest absolute Gasteiger partial charge is 0.336 e. The van der Waals surface area contributed by atoms with Gasteiger partial charge in [0, 0.05) is 23.5 Å². The number of nitro groups is 2. The molecule has 0 radical (unpaired) electrons. The Morgan fingerprint density at radius 1 is 0.632 bits per heavy atom. The van der Waals surface area contributed by atoms with E-state index in [0.717, 1.165) is 18.2 Å². The average Bonchev–Trinajstić information content (AvgIpc) is 2.82. The van der Waals surface area contributed by atoms with E-state index in [-0.39, 0.29) is 31.7 Å². The number of aromatic carboxylic acids is 2. The lowest BCUT2D eigenvalue weighted by Crippen LogP contribution is -2.22. The van der Waals surface area contributed by atoms with Crippen LogP contribution in [0.1, 0.15) is 41.4 Å². The van der Waals surface area contributed by atoms with E-state index in [1.807, 2.05) is 0 Å². The molecule has 38 heavy (non-hydrogen) atoms. The van der Waals surface area contributed by atoms with Crippen molar-refractivity contribution in [2.24, 2.45) is 0 Å². The lowest BCUT2D eigenvalue weighted by Gasteiger charge is -2.13. The molecule has 3 rings (SSSR count). The molecule has 0 unspecified atom stereocenters. The van der Waals surface area contributed by atoms with Gasteiger partial charge in [0.15, 0.2) is 0 Å². The second-order valence-electron chi connectivity index (χ2n) is 7.31. The minimum Gasteiger partial charge on any atom is -0.478 e. The third-order valence-electron chi connectivity index (χ3n) is 4.91. The maximum atomic E-state index is 13.0. The van der Waals surface area contributed by atoms with Gasteiger partial charge in [-0.25, -0.2) is 9.59 Å². The maximum absolute atomic E-state index is 13.0. The first-order chi connectivity index (χ1) is 17.8. The number of nitro benzene ring substituents is 2. The Balaban J connectivity index is 2.03. The van der Waals surface area contributed by atoms with Crippen LogP contribution in [0.25, 0.3) is 0 Å². The van der Waals surface area contributed by atoms with Gasteiger partial charge in [-0.15, -0.1) is 0 Å². The summed E-state index contributed by atoms with van der Waals surface area (Å²) in [6.07, 6.45) is 0. The Kier molecular flexibility index (Phi) is 8.17. The number of benzene rings is 3. The Morgan fingerprint density at radius 3 is 1.26 bits per heavy atom. The summed E-state index contributed by atoms with van der Waals surface area (Å²) < 4.78 is 0.0450. The Bertz CT molecular complexity index is 1450. The summed E-state index contributed by atoms with van der Waals surface area (Å²) in [6, 6.07) is 8.37. The van der Waals surface area contributed by atoms with E-state index in [2.05, 4.69) is 42.5 Å². The average molecular weight is 652 g/mol. The molecule has 2 amide bonds. The summed E-state index contributed by atoms with van der Waals surface area (Å²) >= 11 is 5.98. The number of carboxylic acid groups (broad SMARTS) is 2. The highest BCUT2D eigenvalue weighted by atomic mass is 79.9. The minimum absolute atomic E-state index is 0.0225. The van der Waals surface area contributed by atoms with E-state index >= 15 is 0 Å². The van der Waals surface area contributed by atoms with E-state index in [1.165, 1.54) is 24.3 Å². The molecule has 16 heteroatoms. The van der Waals surface area contributed by atoms with Crippen LogP contribution in [-0.4, -0.2) is 43.8 Å². The van der Waals surface area contributed by atoms with Crippen molar-refractivity contribution in [1.82, 2.24) is 0 Å². The van der Waals surface area contributed by atoms with Crippen molar-refractivity contribution in [3.8, 4) is 0 Å². The van der Waals surface area contributed by atoms with Crippen molar-refractivity contribution in [2.45, 2.75) is 0 Å². The van der Waals surface area contributed by atoms with Gasteiger partial charge in [0.2, 0.25) is 0 Å². The molecule has 0 aliphatic carbocycles. The van der Waals surface area contributed by atoms with E-state index in [0.29, 0.717) is 6.07 Å². The summed E-state index contributed by atoms with van der Waals surface area (Å²) in [7, 11) is 0. The molecule has 0 aromatic heterocycles. The van der Waals surface area contributed by atoms with Gasteiger partial charge in [-0.3, -0.25) is 29.8 Å². The Morgan fingerprint density at radius 2 is 0.974 bits per heavy atom. The van der Waals surface area contributed by atoms with E-state index < -0.39 is 55.9 Å². The molecule has 3 aromatic rings. The van der Waals surface area contributed by atoms with Crippen molar-refractivity contribution >= 4 is 78.4 Å². The predicted octanol–water partition coefficient (Wildman–Crippen LogP) is 4.93. The molecular weight excluding hydrogens is 640 g/mol. The number of hydrogen-bond acceptors (Lipinski definition) is 8. The highest BCUT2D eigenvalue weighted by molar-refractivity contribution is 9.11. The van der Waals surface area contributed by atoms with Gasteiger partial charge in [0.25, 0.3) is 23.2 Å². The summed E-state index contributed by atoms with van der Waals surface area (Å²) in [5.41, 5.74) is -3.13. The van der Waals surface area contributed by atoms with Crippen LogP contribution in [0.3, 0.4) is 0 Å². The predicted molar refractivity (Wildman–Crippen MR) is 138 cm³/mol. The number of hydrogen-bond donors (Lipinski definition) is 4. The van der Waals surface area contributed by atoms with Crippen molar-refractivity contribution in [1.29, 1.82) is 0 Å². The van der Waals surface area contributed by atoms with Crippen LogP contribution in [0.2, 0.25) is 0 Å². The summed E-state index contributed by atoms with van der Waals surface area (Å²) in [4.78, 5) is 70.2. The van der Waals surface area contributed by atoms with Crippen molar-refractivity contribution in [3.05, 3.63) is 100.0 Å². The van der Waals surface area contributed by atoms with Gasteiger partial charge in [0.05, 0.1) is 41.0 Å². The van der Waals surface area contributed by atoms with Crippen LogP contribution < -0.4 is 10.6 Å². The molecule has 4 N–H and O–H groups in total. The minimum atomic E-state index is -1.66. The highest BCUT2D eigenvalue weighted by Gasteiger charge is 2.26. The fourth-order valence-corrected chi connectivity index (χ4v) is 4.24. The molecule has 0 aliphatic heterocycles. The summed E-state index contributed by atoms with van der Waals surface area (Å²) in [5, 5.41) is 45.8. The van der Waals surface area contributed by atoms with Crippen molar-refractivity contribution < 1.29 is 39.2 Å². The number of nitrogens with zero attached hydrogens (tertiary/aromatic N) is 2. The molecule has 0 spiro atoms. The summed E-state index contributed by atoms with van der Waals surface area (Å²) in [6.45, 7) is 0. The number of carboxylic acids is 2. The van der Waals surface area contributed by atoms with Gasteiger partial charge in [-0.2, -0.15) is 0 Å². The SMILES string of the molecule is O=C(O)c1cc(C(=O)O)c(C(=O)Nc2ccc([N+](=O)[O-])c(Br)c2)cc1C(=O)Nc1ccc([N+](=O)[O-])c(Br)c1. The molecular formula is C22H12Br2N4O10. The monoisotopic (exact) mass is 650 g/mol. The van der Waals surface area contributed by atoms with E-state index in [4.69, 9.17) is 0 Å². The van der Waals surface area contributed by atoms with Gasteiger partial charge in [-0.05, 0) is 68.3 Å². The van der Waals surface area contributed by atoms with Crippen LogP contribution in [0.15, 0.2) is 57.5 Å². The van der Waals surface area contributed by atoms with Crippen LogP contribution >= 0.6 is 31.9 Å². The number of carbonyl (C=O) groups is 4. The lowest BCUT2D eigenvalue weighted by atomic mass is 9.96. The number of anilines is 2. The zero-order valence-electron chi connectivity index (χ0n) is 18.4. The highest BCUT2D eigenvalue weighted by Crippen LogP contribution is 2.30. The maximum Gasteiger partial charge on any atom is 0.336 e. The quantitative estimate of drug-likeness (QED) is 0.190. The molecule has 0 fully saturated rings. The first-order valence-corrected chi connectivity index (χ1v) is 11.5. The van der Waals surface area contributed by atoms with Gasteiger partial charge >= 0.3 is 11.9 Å². The third-order valence-corrected chi connectivity index (χ3v) is 6.18. The van der Waals surface area contributed by atoms with E-state index in [1.54, 1.807) is 0 Å². The molecule has 0 saturated carbocycles. The first kappa shape index (κ1) is 27.9. The molecule has 194 valence electrons. The van der Waals surface area contributed by atoms with E-state index in [9.17, 15) is 49.6 Å². The largest absolute Gasteiger partial charge is 0.478 e. The lowest BCUT2D eigenvalue weighted by molar-refractivity contribution is -0.385. The molecule has 14 nitrogen and oxygen atoms in total. The van der Waals surface area contributed by atoms with Crippen LogP contribution in [-0.2, 0) is 0 Å². The van der Waals surface area contributed by atoms with Crippen LogP contribution in [0.4, 0.5) is 22.7 Å². The molecule has 0 saturated heterocycles. The second kappa shape index (κ2) is 11.1. The number of carbonyl (C=O) groups excluding carboxylic acids is 2. The third kappa shape index (κ3) is 5.98. The molecule has 0 aliphatic rings. The molecule has 0 heterocycles. The van der Waals surface area contributed by atoms with Gasteiger partial charge < -0.3 is 20.8 Å². The van der Waals surface area contributed by atoms with Crippen LogP contribution in [0.5, 0.6) is 0 Å². The van der Waals surface area contributed by atoms with Crippen molar-refractivity contribution in [3.63, 3.8) is 0 Å². The fraction of sp³-hybridized carbons (Fsp3) is 0. The zero-order chi connectivity index (χ0) is 28.3.